The smallest absolute Gasteiger partial charge is 0.407 e. The van der Waals surface area contributed by atoms with E-state index in [4.69, 9.17) is 21.4 Å². The quantitative estimate of drug-likeness (QED) is 0.831. The number of ether oxygens (including phenoxy) is 1. The van der Waals surface area contributed by atoms with Crippen LogP contribution in [0.15, 0.2) is 6.07 Å². The van der Waals surface area contributed by atoms with Crippen molar-refractivity contribution in [3.05, 3.63) is 11.2 Å². The predicted molar refractivity (Wildman–Crippen MR) is 67.9 cm³/mol. The maximum absolute atomic E-state index is 11.0. The van der Waals surface area contributed by atoms with Gasteiger partial charge in [0.1, 0.15) is 6.61 Å². The number of carboxylic acid groups (broad SMARTS) is 1. The van der Waals surface area contributed by atoms with E-state index >= 15 is 0 Å². The molecular weight excluding hydrogens is 272 g/mol. The zero-order valence-corrected chi connectivity index (χ0v) is 10.9. The third kappa shape index (κ3) is 2.25. The van der Waals surface area contributed by atoms with Gasteiger partial charge in [-0.15, -0.1) is 10.2 Å². The van der Waals surface area contributed by atoms with Gasteiger partial charge in [0.25, 0.3) is 0 Å². The molecule has 2 aliphatic rings. The fourth-order valence-corrected chi connectivity index (χ4v) is 2.67. The van der Waals surface area contributed by atoms with Crippen LogP contribution in [0.3, 0.4) is 0 Å². The maximum Gasteiger partial charge on any atom is 0.407 e. The van der Waals surface area contributed by atoms with Crippen LogP contribution in [0.2, 0.25) is 5.15 Å². The second-order valence-electron chi connectivity index (χ2n) is 4.57. The van der Waals surface area contributed by atoms with E-state index in [2.05, 4.69) is 15.1 Å². The molecule has 0 bridgehead atoms. The van der Waals surface area contributed by atoms with Crippen LogP contribution in [-0.2, 0) is 0 Å². The van der Waals surface area contributed by atoms with E-state index in [1.165, 1.54) is 4.90 Å². The van der Waals surface area contributed by atoms with Crippen molar-refractivity contribution < 1.29 is 14.6 Å². The van der Waals surface area contributed by atoms with E-state index in [1.807, 2.05) is 0 Å². The minimum atomic E-state index is -0.877. The van der Waals surface area contributed by atoms with E-state index < -0.39 is 6.09 Å². The molecule has 1 fully saturated rings. The molecule has 2 aliphatic heterocycles. The molecule has 3 rings (SSSR count). The average molecular weight is 285 g/mol. The molecule has 0 aromatic carbocycles. The summed E-state index contributed by atoms with van der Waals surface area (Å²) in [6.45, 7) is 2.26. The number of nitrogens with zero attached hydrogens (tertiary/aromatic N) is 4. The Morgan fingerprint density at radius 1 is 1.47 bits per heavy atom. The van der Waals surface area contributed by atoms with Crippen molar-refractivity contribution in [2.75, 3.05) is 31.1 Å². The third-order valence-electron chi connectivity index (χ3n) is 3.45. The summed E-state index contributed by atoms with van der Waals surface area (Å²) in [4.78, 5) is 14.4. The lowest BCUT2D eigenvalue weighted by Crippen LogP contribution is -2.43. The second-order valence-corrected chi connectivity index (χ2v) is 4.96. The molecule has 1 saturated heterocycles. The molecule has 1 N–H and O–H groups in total. The molecule has 19 heavy (non-hydrogen) atoms. The van der Waals surface area contributed by atoms with Gasteiger partial charge in [-0.05, 0) is 6.42 Å². The number of rotatable bonds is 1. The molecule has 1 aromatic rings. The van der Waals surface area contributed by atoms with Crippen LogP contribution in [0.4, 0.5) is 10.6 Å². The van der Waals surface area contributed by atoms with Crippen molar-refractivity contribution in [2.45, 2.75) is 12.5 Å². The van der Waals surface area contributed by atoms with Gasteiger partial charge < -0.3 is 19.6 Å². The summed E-state index contributed by atoms with van der Waals surface area (Å²) in [6, 6.07) is 1.76. The van der Waals surface area contributed by atoms with E-state index in [-0.39, 0.29) is 6.04 Å². The van der Waals surface area contributed by atoms with Gasteiger partial charge in [-0.25, -0.2) is 4.79 Å². The first-order chi connectivity index (χ1) is 9.15. The van der Waals surface area contributed by atoms with E-state index in [9.17, 15) is 4.79 Å². The predicted octanol–water partition coefficient (Wildman–Crippen LogP) is 1.08. The van der Waals surface area contributed by atoms with Crippen molar-refractivity contribution in [2.24, 2.45) is 0 Å². The Morgan fingerprint density at radius 2 is 2.32 bits per heavy atom. The molecule has 0 unspecified atom stereocenters. The molecule has 0 spiro atoms. The highest BCUT2D eigenvalue weighted by Gasteiger charge is 2.34. The Kier molecular flexibility index (Phi) is 3.06. The van der Waals surface area contributed by atoms with Gasteiger partial charge in [0.2, 0.25) is 0 Å². The number of aromatic nitrogens is 2. The molecule has 7 nitrogen and oxygen atoms in total. The monoisotopic (exact) mass is 284 g/mol. The van der Waals surface area contributed by atoms with Gasteiger partial charge in [-0.1, -0.05) is 11.6 Å². The maximum atomic E-state index is 11.0. The summed E-state index contributed by atoms with van der Waals surface area (Å²) in [5.74, 6) is 1.26. The van der Waals surface area contributed by atoms with Gasteiger partial charge in [-0.2, -0.15) is 0 Å². The molecule has 0 saturated carbocycles. The van der Waals surface area contributed by atoms with Gasteiger partial charge in [0, 0.05) is 19.2 Å². The van der Waals surface area contributed by atoms with E-state index in [0.717, 1.165) is 6.42 Å². The Balaban J connectivity index is 1.82. The van der Waals surface area contributed by atoms with Crippen LogP contribution >= 0.6 is 11.6 Å². The summed E-state index contributed by atoms with van der Waals surface area (Å²) < 4.78 is 5.51. The van der Waals surface area contributed by atoms with Crippen LogP contribution in [0.5, 0.6) is 5.75 Å². The molecule has 1 aromatic heterocycles. The van der Waals surface area contributed by atoms with Crippen molar-refractivity contribution in [1.82, 2.24) is 15.1 Å². The zero-order chi connectivity index (χ0) is 13.4. The Morgan fingerprint density at radius 3 is 3.05 bits per heavy atom. The van der Waals surface area contributed by atoms with Gasteiger partial charge in [0.05, 0.1) is 12.6 Å². The standard InChI is InChI=1S/C11H13ClN4O3/c12-9-5-8-10(14-13-9)16(3-4-19-8)7-1-2-15(6-7)11(17)18/h5,7H,1-4,6H2,(H,17,18)/t7-/m1/s1. The molecule has 3 heterocycles. The number of hydrogen-bond donors (Lipinski definition) is 1. The van der Waals surface area contributed by atoms with E-state index in [1.54, 1.807) is 6.07 Å². The topological polar surface area (TPSA) is 78.8 Å². The van der Waals surface area contributed by atoms with Gasteiger partial charge in [-0.3, -0.25) is 0 Å². The van der Waals surface area contributed by atoms with Crippen LogP contribution in [-0.4, -0.2) is 58.6 Å². The molecule has 1 atom stereocenters. The largest absolute Gasteiger partial charge is 0.488 e. The Bertz CT molecular complexity index is 513. The third-order valence-corrected chi connectivity index (χ3v) is 3.63. The summed E-state index contributed by atoms with van der Waals surface area (Å²) in [5, 5.41) is 17.2. The van der Waals surface area contributed by atoms with Crippen LogP contribution in [0.1, 0.15) is 6.42 Å². The number of fused-ring (bicyclic) bond motifs is 1. The second kappa shape index (κ2) is 4.73. The zero-order valence-electron chi connectivity index (χ0n) is 10.1. The van der Waals surface area contributed by atoms with Gasteiger partial charge in [0.15, 0.2) is 16.7 Å². The molecule has 0 aliphatic carbocycles. The molecular formula is C11H13ClN4O3. The highest BCUT2D eigenvalue weighted by atomic mass is 35.5. The van der Waals surface area contributed by atoms with Gasteiger partial charge >= 0.3 is 6.09 Å². The summed E-state index contributed by atoms with van der Waals surface area (Å²) >= 11 is 5.79. The average Bonchev–Trinajstić information content (AvgIpc) is 2.87. The summed E-state index contributed by atoms with van der Waals surface area (Å²) in [5.41, 5.74) is 0. The van der Waals surface area contributed by atoms with Crippen LogP contribution in [0.25, 0.3) is 0 Å². The lowest BCUT2D eigenvalue weighted by Gasteiger charge is -2.33. The highest BCUT2D eigenvalue weighted by Crippen LogP contribution is 2.33. The Labute approximate surface area is 114 Å². The van der Waals surface area contributed by atoms with Crippen molar-refractivity contribution >= 4 is 23.5 Å². The van der Waals surface area contributed by atoms with E-state index in [0.29, 0.717) is 43.0 Å². The summed E-state index contributed by atoms with van der Waals surface area (Å²) in [7, 11) is 0. The fourth-order valence-electron chi connectivity index (χ4n) is 2.54. The number of likely N-dealkylation sites (tertiary alicyclic amines) is 1. The normalized spacial score (nSPS) is 22.1. The fraction of sp³-hybridized carbons (Fsp3) is 0.545. The first kappa shape index (κ1) is 12.3. The number of amides is 1. The molecule has 8 heteroatoms. The number of hydrogen-bond acceptors (Lipinski definition) is 5. The molecule has 1 amide bonds. The number of carbonyl (C=O) groups is 1. The van der Waals surface area contributed by atoms with Crippen LogP contribution < -0.4 is 9.64 Å². The summed E-state index contributed by atoms with van der Waals surface area (Å²) in [6.07, 6.45) is -0.0889. The molecule has 102 valence electrons. The first-order valence-electron chi connectivity index (χ1n) is 6.05. The van der Waals surface area contributed by atoms with Crippen molar-refractivity contribution in [3.8, 4) is 5.75 Å². The lowest BCUT2D eigenvalue weighted by molar-refractivity contribution is 0.155. The van der Waals surface area contributed by atoms with Crippen molar-refractivity contribution in [3.63, 3.8) is 0 Å². The lowest BCUT2D eigenvalue weighted by atomic mass is 10.2. The number of anilines is 1. The highest BCUT2D eigenvalue weighted by molar-refractivity contribution is 6.29. The minimum absolute atomic E-state index is 0.120. The SMILES string of the molecule is O=C(O)N1CC[C@@H](N2CCOc3cc(Cl)nnc32)C1. The first-order valence-corrected chi connectivity index (χ1v) is 6.43. The minimum Gasteiger partial charge on any atom is -0.488 e. The van der Waals surface area contributed by atoms with Crippen LogP contribution in [0, 0.1) is 0 Å². The van der Waals surface area contributed by atoms with Crippen molar-refractivity contribution in [1.29, 1.82) is 0 Å². The molecule has 0 radical (unpaired) electrons. The Hall–Kier alpha value is -1.76. The number of halogens is 1.